The highest BCUT2D eigenvalue weighted by molar-refractivity contribution is 5.82. The summed E-state index contributed by atoms with van der Waals surface area (Å²) in [6.07, 6.45) is -0.587. The third-order valence-electron chi connectivity index (χ3n) is 4.68. The van der Waals surface area contributed by atoms with E-state index in [1.807, 2.05) is 43.3 Å². The van der Waals surface area contributed by atoms with Crippen molar-refractivity contribution in [3.05, 3.63) is 81.2 Å². The predicted molar refractivity (Wildman–Crippen MR) is 104 cm³/mol. The van der Waals surface area contributed by atoms with Gasteiger partial charge in [-0.2, -0.15) is 0 Å². The van der Waals surface area contributed by atoms with E-state index in [2.05, 4.69) is 25.2 Å². The molecular formula is C22H25NO3. The summed E-state index contributed by atoms with van der Waals surface area (Å²) in [7, 11) is 0. The van der Waals surface area contributed by atoms with E-state index in [1.165, 1.54) is 11.6 Å². The molecule has 0 saturated carbocycles. The van der Waals surface area contributed by atoms with Gasteiger partial charge in [0.2, 0.25) is 0 Å². The van der Waals surface area contributed by atoms with Crippen molar-refractivity contribution >= 4 is 11.0 Å². The third-order valence-corrected chi connectivity index (χ3v) is 4.68. The Hall–Kier alpha value is -2.43. The Kier molecular flexibility index (Phi) is 5.55. The average molecular weight is 351 g/mol. The molecule has 0 bridgehead atoms. The average Bonchev–Trinajstić information content (AvgIpc) is 2.61. The van der Waals surface area contributed by atoms with Crippen molar-refractivity contribution in [3.8, 4) is 0 Å². The van der Waals surface area contributed by atoms with Crippen LogP contribution in [0.2, 0.25) is 0 Å². The Labute approximate surface area is 153 Å². The molecule has 0 aliphatic carbocycles. The van der Waals surface area contributed by atoms with Crippen LogP contribution in [0.15, 0.2) is 57.7 Å². The molecule has 0 fully saturated rings. The first-order valence-electron chi connectivity index (χ1n) is 8.96. The van der Waals surface area contributed by atoms with E-state index in [-0.39, 0.29) is 5.63 Å². The molecule has 4 heteroatoms. The minimum absolute atomic E-state index is 0.352. The maximum Gasteiger partial charge on any atom is 0.336 e. The second kappa shape index (κ2) is 7.85. The van der Waals surface area contributed by atoms with Crippen molar-refractivity contribution < 1.29 is 9.52 Å². The van der Waals surface area contributed by atoms with E-state index in [1.54, 1.807) is 0 Å². The highest BCUT2D eigenvalue weighted by atomic mass is 16.4. The largest absolute Gasteiger partial charge is 0.423 e. The molecular weight excluding hydrogens is 326 g/mol. The highest BCUT2D eigenvalue weighted by Gasteiger charge is 2.12. The van der Waals surface area contributed by atoms with Crippen LogP contribution in [0.25, 0.3) is 11.0 Å². The summed E-state index contributed by atoms with van der Waals surface area (Å²) in [5.41, 5.74) is 4.39. The Morgan fingerprint density at radius 1 is 1.12 bits per heavy atom. The molecule has 1 heterocycles. The maximum atomic E-state index is 11.9. The van der Waals surface area contributed by atoms with E-state index in [0.717, 1.165) is 22.1 Å². The van der Waals surface area contributed by atoms with Gasteiger partial charge in [0.05, 0.1) is 6.10 Å². The minimum atomic E-state index is -0.587. The molecule has 3 rings (SSSR count). The van der Waals surface area contributed by atoms with Gasteiger partial charge >= 0.3 is 5.63 Å². The van der Waals surface area contributed by atoms with Crippen LogP contribution < -0.4 is 10.9 Å². The molecule has 0 spiro atoms. The zero-order chi connectivity index (χ0) is 18.7. The zero-order valence-electron chi connectivity index (χ0n) is 15.5. The molecule has 2 N–H and O–H groups in total. The second-order valence-electron chi connectivity index (χ2n) is 7.01. The van der Waals surface area contributed by atoms with E-state index < -0.39 is 6.10 Å². The van der Waals surface area contributed by atoms with E-state index in [9.17, 15) is 9.90 Å². The van der Waals surface area contributed by atoms with Gasteiger partial charge in [-0.05, 0) is 47.2 Å². The first-order chi connectivity index (χ1) is 12.5. The summed E-state index contributed by atoms with van der Waals surface area (Å²) in [6.45, 7) is 7.25. The quantitative estimate of drug-likeness (QED) is 0.658. The minimum Gasteiger partial charge on any atom is -0.423 e. The Morgan fingerprint density at radius 2 is 1.85 bits per heavy atom. The Balaban J connectivity index is 1.83. The number of hydrogen-bond donors (Lipinski definition) is 2. The summed E-state index contributed by atoms with van der Waals surface area (Å²) in [4.78, 5) is 11.9. The molecule has 0 radical (unpaired) electrons. The van der Waals surface area contributed by atoms with Crippen molar-refractivity contribution in [1.29, 1.82) is 0 Å². The van der Waals surface area contributed by atoms with Crippen LogP contribution in [0, 0.1) is 6.92 Å². The van der Waals surface area contributed by atoms with Crippen molar-refractivity contribution in [1.82, 2.24) is 5.32 Å². The zero-order valence-corrected chi connectivity index (χ0v) is 15.5. The van der Waals surface area contributed by atoms with Crippen molar-refractivity contribution in [3.63, 3.8) is 0 Å². The van der Waals surface area contributed by atoms with Crippen LogP contribution in [-0.2, 0) is 6.54 Å². The topological polar surface area (TPSA) is 62.5 Å². The molecule has 3 aromatic rings. The third kappa shape index (κ3) is 4.03. The van der Waals surface area contributed by atoms with Gasteiger partial charge < -0.3 is 14.8 Å². The number of aliphatic hydroxyl groups is 1. The Morgan fingerprint density at radius 3 is 2.54 bits per heavy atom. The Bertz CT molecular complexity index is 945. The lowest BCUT2D eigenvalue weighted by Gasteiger charge is -2.15. The fourth-order valence-corrected chi connectivity index (χ4v) is 3.30. The van der Waals surface area contributed by atoms with Gasteiger partial charge in [-0.3, -0.25) is 0 Å². The predicted octanol–water partition coefficient (Wildman–Crippen LogP) is 4.05. The monoisotopic (exact) mass is 351 g/mol. The van der Waals surface area contributed by atoms with Crippen molar-refractivity contribution in [2.75, 3.05) is 6.54 Å². The second-order valence-corrected chi connectivity index (χ2v) is 7.01. The van der Waals surface area contributed by atoms with Crippen LogP contribution in [0.4, 0.5) is 0 Å². The van der Waals surface area contributed by atoms with Crippen molar-refractivity contribution in [2.45, 2.75) is 39.3 Å². The molecule has 1 aromatic heterocycles. The normalized spacial score (nSPS) is 12.7. The number of rotatable bonds is 6. The summed E-state index contributed by atoms with van der Waals surface area (Å²) < 4.78 is 5.38. The smallest absolute Gasteiger partial charge is 0.336 e. The molecule has 0 aliphatic heterocycles. The number of benzene rings is 2. The van der Waals surface area contributed by atoms with Crippen LogP contribution >= 0.6 is 0 Å². The molecule has 0 saturated heterocycles. The first kappa shape index (κ1) is 18.4. The molecule has 26 heavy (non-hydrogen) atoms. The summed E-state index contributed by atoms with van der Waals surface area (Å²) in [5, 5.41) is 14.5. The number of fused-ring (bicyclic) bond motifs is 1. The van der Waals surface area contributed by atoms with Crippen LogP contribution in [0.1, 0.15) is 48.1 Å². The van der Waals surface area contributed by atoms with Gasteiger partial charge in [-0.15, -0.1) is 0 Å². The number of hydrogen-bond acceptors (Lipinski definition) is 4. The molecule has 0 amide bonds. The van der Waals surface area contributed by atoms with E-state index >= 15 is 0 Å². The lowest BCUT2D eigenvalue weighted by Crippen LogP contribution is -2.21. The molecule has 4 nitrogen and oxygen atoms in total. The standard InChI is InChI=1S/C22H25NO3/c1-14(2)18-11-19-17(10-22(25)26-21(19)9-15(18)3)12-23-13-20(24)16-7-5-4-6-8-16/h4-11,14,20,23-24H,12-13H2,1-3H3/t20-/m0/s1. The van der Waals surface area contributed by atoms with E-state index in [0.29, 0.717) is 24.6 Å². The molecule has 0 unspecified atom stereocenters. The first-order valence-corrected chi connectivity index (χ1v) is 8.96. The molecule has 0 aliphatic rings. The fourth-order valence-electron chi connectivity index (χ4n) is 3.30. The molecule has 2 aromatic carbocycles. The molecule has 1 atom stereocenters. The summed E-state index contributed by atoms with van der Waals surface area (Å²) in [6, 6.07) is 15.1. The summed E-state index contributed by atoms with van der Waals surface area (Å²) in [5.74, 6) is 0.395. The van der Waals surface area contributed by atoms with Gasteiger partial charge in [0.25, 0.3) is 0 Å². The van der Waals surface area contributed by atoms with Crippen LogP contribution in [0.3, 0.4) is 0 Å². The van der Waals surface area contributed by atoms with Crippen molar-refractivity contribution in [2.24, 2.45) is 0 Å². The fraction of sp³-hybridized carbons (Fsp3) is 0.318. The van der Waals surface area contributed by atoms with Gasteiger partial charge in [0.15, 0.2) is 0 Å². The lowest BCUT2D eigenvalue weighted by atomic mass is 9.95. The van der Waals surface area contributed by atoms with Gasteiger partial charge in [0.1, 0.15) is 5.58 Å². The number of nitrogens with one attached hydrogen (secondary N) is 1. The maximum absolute atomic E-state index is 11.9. The molecule has 136 valence electrons. The lowest BCUT2D eigenvalue weighted by molar-refractivity contribution is 0.174. The van der Waals surface area contributed by atoms with Crippen LogP contribution in [-0.4, -0.2) is 11.7 Å². The van der Waals surface area contributed by atoms with Gasteiger partial charge in [-0.1, -0.05) is 44.2 Å². The van der Waals surface area contributed by atoms with Gasteiger partial charge in [0, 0.05) is 24.5 Å². The summed E-state index contributed by atoms with van der Waals surface area (Å²) >= 11 is 0. The van der Waals surface area contributed by atoms with Crippen LogP contribution in [0.5, 0.6) is 0 Å². The van der Waals surface area contributed by atoms with E-state index in [4.69, 9.17) is 4.42 Å². The SMILES string of the molecule is Cc1cc2oc(=O)cc(CNC[C@H](O)c3ccccc3)c2cc1C(C)C. The number of aliphatic hydroxyl groups excluding tert-OH is 1. The number of aryl methyl sites for hydroxylation is 1. The van der Waals surface area contributed by atoms with Gasteiger partial charge in [-0.25, -0.2) is 4.79 Å². The highest BCUT2D eigenvalue weighted by Crippen LogP contribution is 2.26.